The van der Waals surface area contributed by atoms with E-state index in [0.29, 0.717) is 5.56 Å². The predicted molar refractivity (Wildman–Crippen MR) is 99.5 cm³/mol. The molecule has 2 aromatic carbocycles. The second-order valence-electron chi connectivity index (χ2n) is 5.36. The van der Waals surface area contributed by atoms with Crippen LogP contribution in [0.4, 0.5) is 0 Å². The van der Waals surface area contributed by atoms with Gasteiger partial charge >= 0.3 is 5.97 Å². The number of rotatable bonds is 6. The van der Waals surface area contributed by atoms with Crippen molar-refractivity contribution in [2.45, 2.75) is 13.3 Å². The van der Waals surface area contributed by atoms with Gasteiger partial charge in [0.1, 0.15) is 17.1 Å². The van der Waals surface area contributed by atoms with Gasteiger partial charge in [0.05, 0.1) is 17.2 Å². The van der Waals surface area contributed by atoms with Gasteiger partial charge in [0.25, 0.3) is 0 Å². The molecule has 0 aliphatic heterocycles. The summed E-state index contributed by atoms with van der Waals surface area (Å²) in [4.78, 5) is 24.9. The van der Waals surface area contributed by atoms with Crippen molar-refractivity contribution >= 4 is 35.0 Å². The minimum Gasteiger partial charge on any atom is -0.507 e. The molecule has 2 aromatic rings. The summed E-state index contributed by atoms with van der Waals surface area (Å²) in [6.07, 6.45) is 1.74. The van der Waals surface area contributed by atoms with Crippen LogP contribution in [0.15, 0.2) is 36.9 Å². The molecule has 2 rings (SSSR count). The first-order valence-electron chi connectivity index (χ1n) is 7.66. The van der Waals surface area contributed by atoms with Crippen LogP contribution in [0, 0.1) is 0 Å². The van der Waals surface area contributed by atoms with Crippen LogP contribution < -0.4 is 0 Å². The standard InChI is InChI=1S/C19H16Cl2O5/c1-3-5-10-6-11(7-14(16(10)22)19(25)26-4-2)17(23)13-8-12(20)9-15(21)18(13)24/h3,6-9,22,24H,1,4-5H2,2H3. The van der Waals surface area contributed by atoms with Gasteiger partial charge in [-0.25, -0.2) is 4.79 Å². The molecule has 136 valence electrons. The Hall–Kier alpha value is -2.50. The van der Waals surface area contributed by atoms with Gasteiger partial charge in [-0.3, -0.25) is 4.79 Å². The van der Waals surface area contributed by atoms with Crippen LogP contribution in [-0.4, -0.2) is 28.6 Å². The summed E-state index contributed by atoms with van der Waals surface area (Å²) in [5, 5.41) is 20.5. The van der Waals surface area contributed by atoms with E-state index in [9.17, 15) is 19.8 Å². The van der Waals surface area contributed by atoms with Crippen LogP contribution in [0.5, 0.6) is 11.5 Å². The zero-order valence-corrected chi connectivity index (χ0v) is 15.4. The molecule has 0 bridgehead atoms. The number of hydrogen-bond acceptors (Lipinski definition) is 5. The van der Waals surface area contributed by atoms with Gasteiger partial charge in [-0.15, -0.1) is 6.58 Å². The maximum absolute atomic E-state index is 12.8. The molecule has 5 nitrogen and oxygen atoms in total. The molecule has 0 amide bonds. The smallest absolute Gasteiger partial charge is 0.341 e. The second-order valence-corrected chi connectivity index (χ2v) is 6.20. The summed E-state index contributed by atoms with van der Waals surface area (Å²) in [6.45, 7) is 5.33. The van der Waals surface area contributed by atoms with E-state index >= 15 is 0 Å². The third kappa shape index (κ3) is 4.00. The Balaban J connectivity index is 2.63. The van der Waals surface area contributed by atoms with Crippen LogP contribution in [0.3, 0.4) is 0 Å². The molecule has 26 heavy (non-hydrogen) atoms. The third-order valence-corrected chi connectivity index (χ3v) is 4.09. The molecule has 0 aliphatic carbocycles. The van der Waals surface area contributed by atoms with E-state index in [4.69, 9.17) is 27.9 Å². The number of phenols is 2. The Labute approximate surface area is 160 Å². The first kappa shape index (κ1) is 19.8. The Morgan fingerprint density at radius 3 is 2.42 bits per heavy atom. The number of benzene rings is 2. The molecular weight excluding hydrogens is 379 g/mol. The SMILES string of the molecule is C=CCc1cc(C(=O)c2cc(Cl)cc(Cl)c2O)cc(C(=O)OCC)c1O. The van der Waals surface area contributed by atoms with Gasteiger partial charge in [0.15, 0.2) is 5.78 Å². The summed E-state index contributed by atoms with van der Waals surface area (Å²) in [5.41, 5.74) is 0.118. The minimum absolute atomic E-state index is 0.0661. The van der Waals surface area contributed by atoms with E-state index in [1.807, 2.05) is 0 Å². The van der Waals surface area contributed by atoms with E-state index in [0.717, 1.165) is 0 Å². The fourth-order valence-electron chi connectivity index (χ4n) is 2.40. The van der Waals surface area contributed by atoms with Crippen LogP contribution in [0.25, 0.3) is 0 Å². The summed E-state index contributed by atoms with van der Waals surface area (Å²) in [6, 6.07) is 5.20. The zero-order chi connectivity index (χ0) is 19.4. The maximum Gasteiger partial charge on any atom is 0.341 e. The molecule has 0 spiro atoms. The molecular formula is C19H16Cl2O5. The van der Waals surface area contributed by atoms with E-state index < -0.39 is 17.5 Å². The first-order chi connectivity index (χ1) is 12.3. The monoisotopic (exact) mass is 394 g/mol. The number of allylic oxidation sites excluding steroid dienone is 1. The van der Waals surface area contributed by atoms with E-state index in [-0.39, 0.29) is 45.5 Å². The van der Waals surface area contributed by atoms with E-state index in [1.165, 1.54) is 30.3 Å². The molecule has 0 radical (unpaired) electrons. The number of carbonyl (C=O) groups is 2. The van der Waals surface area contributed by atoms with Crippen LogP contribution in [-0.2, 0) is 11.2 Å². The zero-order valence-electron chi connectivity index (χ0n) is 13.9. The lowest BCUT2D eigenvalue weighted by Gasteiger charge is -2.12. The predicted octanol–water partition coefficient (Wildman–Crippen LogP) is 4.54. The lowest BCUT2D eigenvalue weighted by Crippen LogP contribution is -2.10. The van der Waals surface area contributed by atoms with E-state index in [1.54, 1.807) is 6.92 Å². The summed E-state index contributed by atoms with van der Waals surface area (Å²) in [7, 11) is 0. The largest absolute Gasteiger partial charge is 0.507 e. The molecule has 0 aliphatic rings. The minimum atomic E-state index is -0.765. The third-order valence-electron chi connectivity index (χ3n) is 3.58. The highest BCUT2D eigenvalue weighted by Crippen LogP contribution is 2.34. The highest BCUT2D eigenvalue weighted by molar-refractivity contribution is 6.36. The Morgan fingerprint density at radius 2 is 1.81 bits per heavy atom. The normalized spacial score (nSPS) is 10.4. The Morgan fingerprint density at radius 1 is 1.12 bits per heavy atom. The lowest BCUT2D eigenvalue weighted by molar-refractivity contribution is 0.0523. The number of ether oxygens (including phenoxy) is 1. The van der Waals surface area contributed by atoms with Gasteiger partial charge in [-0.1, -0.05) is 29.3 Å². The van der Waals surface area contributed by atoms with Crippen molar-refractivity contribution in [1.29, 1.82) is 0 Å². The molecule has 2 N–H and O–H groups in total. The Bertz CT molecular complexity index is 890. The molecule has 7 heteroatoms. The van der Waals surface area contributed by atoms with Gasteiger partial charge < -0.3 is 14.9 Å². The number of halogens is 2. The van der Waals surface area contributed by atoms with Crippen molar-refractivity contribution in [2.75, 3.05) is 6.61 Å². The quantitative estimate of drug-likeness (QED) is 0.426. The molecule has 0 saturated carbocycles. The lowest BCUT2D eigenvalue weighted by atomic mass is 9.96. The molecule has 0 saturated heterocycles. The van der Waals surface area contributed by atoms with Crippen molar-refractivity contribution in [3.05, 3.63) is 69.2 Å². The van der Waals surface area contributed by atoms with Crippen LogP contribution in [0.1, 0.15) is 38.8 Å². The molecule has 0 heterocycles. The maximum atomic E-state index is 12.8. The fraction of sp³-hybridized carbons (Fsp3) is 0.158. The van der Waals surface area contributed by atoms with Gasteiger partial charge in [-0.2, -0.15) is 0 Å². The molecule has 0 aromatic heterocycles. The number of ketones is 1. The molecule has 0 unspecified atom stereocenters. The van der Waals surface area contributed by atoms with Crippen molar-refractivity contribution < 1.29 is 24.5 Å². The van der Waals surface area contributed by atoms with Crippen molar-refractivity contribution in [3.63, 3.8) is 0 Å². The number of carbonyl (C=O) groups excluding carboxylic acids is 2. The summed E-state index contributed by atoms with van der Waals surface area (Å²) < 4.78 is 4.92. The fourth-order valence-corrected chi connectivity index (χ4v) is 2.89. The summed E-state index contributed by atoms with van der Waals surface area (Å²) >= 11 is 11.8. The van der Waals surface area contributed by atoms with Crippen LogP contribution >= 0.6 is 23.2 Å². The molecule has 0 atom stereocenters. The number of phenolic OH excluding ortho intramolecular Hbond substituents is 2. The molecule has 0 fully saturated rings. The van der Waals surface area contributed by atoms with Crippen molar-refractivity contribution in [1.82, 2.24) is 0 Å². The van der Waals surface area contributed by atoms with Crippen molar-refractivity contribution in [3.8, 4) is 11.5 Å². The number of aromatic hydroxyl groups is 2. The number of hydrogen-bond donors (Lipinski definition) is 2. The van der Waals surface area contributed by atoms with Crippen molar-refractivity contribution in [2.24, 2.45) is 0 Å². The highest BCUT2D eigenvalue weighted by atomic mass is 35.5. The summed E-state index contributed by atoms with van der Waals surface area (Å²) in [5.74, 6) is -2.08. The average Bonchev–Trinajstić information content (AvgIpc) is 2.59. The highest BCUT2D eigenvalue weighted by Gasteiger charge is 2.23. The Kier molecular flexibility index (Phi) is 6.29. The van der Waals surface area contributed by atoms with Crippen LogP contribution in [0.2, 0.25) is 10.0 Å². The number of esters is 1. The van der Waals surface area contributed by atoms with Gasteiger partial charge in [-0.05, 0) is 43.2 Å². The van der Waals surface area contributed by atoms with Gasteiger partial charge in [0.2, 0.25) is 0 Å². The topological polar surface area (TPSA) is 83.8 Å². The van der Waals surface area contributed by atoms with Gasteiger partial charge in [0, 0.05) is 10.6 Å². The first-order valence-corrected chi connectivity index (χ1v) is 8.42. The van der Waals surface area contributed by atoms with E-state index in [2.05, 4.69) is 6.58 Å². The average molecular weight is 395 g/mol. The second kappa shape index (κ2) is 8.25.